The fourth-order valence-electron chi connectivity index (χ4n) is 2.71. The molecule has 0 aromatic heterocycles. The van der Waals surface area contributed by atoms with Crippen LogP contribution < -0.4 is 4.90 Å². The van der Waals surface area contributed by atoms with Gasteiger partial charge in [0.2, 0.25) is 0 Å². The van der Waals surface area contributed by atoms with E-state index < -0.39 is 0 Å². The molecule has 0 spiro atoms. The second-order valence-electron chi connectivity index (χ2n) is 5.51. The van der Waals surface area contributed by atoms with E-state index in [2.05, 4.69) is 44.3 Å². The fraction of sp³-hybridized carbons (Fsp3) is 0.562. The van der Waals surface area contributed by atoms with Crippen LogP contribution in [0.25, 0.3) is 0 Å². The van der Waals surface area contributed by atoms with Crippen molar-refractivity contribution in [3.63, 3.8) is 0 Å². The number of anilines is 1. The van der Waals surface area contributed by atoms with Crippen LogP contribution in [0.3, 0.4) is 0 Å². The first-order chi connectivity index (χ1) is 8.72. The van der Waals surface area contributed by atoms with E-state index in [1.54, 1.807) is 0 Å². The highest BCUT2D eigenvalue weighted by atomic mass is 15.2. The Morgan fingerprint density at radius 2 is 1.72 bits per heavy atom. The van der Waals surface area contributed by atoms with E-state index in [1.165, 1.54) is 24.8 Å². The number of nitriles is 1. The molecule has 0 heterocycles. The van der Waals surface area contributed by atoms with Crippen molar-refractivity contribution in [2.75, 3.05) is 4.90 Å². The molecule has 1 aromatic carbocycles. The first kappa shape index (κ1) is 13.0. The summed E-state index contributed by atoms with van der Waals surface area (Å²) < 4.78 is 0. The van der Waals surface area contributed by atoms with E-state index in [1.807, 2.05) is 4.90 Å². The van der Waals surface area contributed by atoms with Crippen LogP contribution in [0.1, 0.15) is 57.4 Å². The van der Waals surface area contributed by atoms with Gasteiger partial charge in [-0.15, -0.1) is 0 Å². The Kier molecular flexibility index (Phi) is 4.25. The topological polar surface area (TPSA) is 27.0 Å². The summed E-state index contributed by atoms with van der Waals surface area (Å²) in [5, 5.41) is 9.39. The molecule has 1 aromatic rings. The molecule has 0 unspecified atom stereocenters. The van der Waals surface area contributed by atoms with Crippen molar-refractivity contribution < 1.29 is 0 Å². The molecule has 0 bridgehead atoms. The van der Waals surface area contributed by atoms with Crippen LogP contribution in [0, 0.1) is 11.5 Å². The standard InChI is InChI=1S/C16H22N2/c1-13(2)14-8-10-16(11-9-14)18(12-17)15-6-4-3-5-7-15/h8-11,13,15H,3-7H2,1-2H3. The zero-order chi connectivity index (χ0) is 13.0. The average Bonchev–Trinajstić information content (AvgIpc) is 2.41. The number of rotatable bonds is 3. The molecule has 2 heteroatoms. The van der Waals surface area contributed by atoms with Crippen molar-refractivity contribution in [1.82, 2.24) is 0 Å². The Hall–Kier alpha value is -1.49. The summed E-state index contributed by atoms with van der Waals surface area (Å²) in [4.78, 5) is 1.91. The molecule has 2 nitrogen and oxygen atoms in total. The molecular weight excluding hydrogens is 220 g/mol. The minimum absolute atomic E-state index is 0.411. The SMILES string of the molecule is CC(C)c1ccc(N(C#N)C2CCCCC2)cc1. The molecule has 0 aliphatic heterocycles. The Bertz CT molecular complexity index is 408. The Labute approximate surface area is 110 Å². The predicted molar refractivity (Wildman–Crippen MR) is 75.5 cm³/mol. The van der Waals surface area contributed by atoms with Crippen molar-refractivity contribution in [3.05, 3.63) is 29.8 Å². The van der Waals surface area contributed by atoms with Crippen LogP contribution >= 0.6 is 0 Å². The van der Waals surface area contributed by atoms with Crippen molar-refractivity contribution in [1.29, 1.82) is 5.26 Å². The van der Waals surface area contributed by atoms with Gasteiger partial charge in [0.25, 0.3) is 0 Å². The second kappa shape index (κ2) is 5.91. The lowest BCUT2D eigenvalue weighted by molar-refractivity contribution is 0.436. The van der Waals surface area contributed by atoms with Crippen LogP contribution in [0.4, 0.5) is 5.69 Å². The third-order valence-electron chi connectivity index (χ3n) is 3.89. The molecular formula is C16H22N2. The third-order valence-corrected chi connectivity index (χ3v) is 3.89. The molecule has 1 fully saturated rings. The third kappa shape index (κ3) is 2.85. The van der Waals surface area contributed by atoms with Crippen LogP contribution in [0.2, 0.25) is 0 Å². The van der Waals surface area contributed by atoms with Gasteiger partial charge >= 0.3 is 0 Å². The van der Waals surface area contributed by atoms with Crippen LogP contribution in [0.5, 0.6) is 0 Å². The van der Waals surface area contributed by atoms with Crippen molar-refractivity contribution in [3.8, 4) is 6.19 Å². The predicted octanol–water partition coefficient (Wildman–Crippen LogP) is 4.43. The first-order valence-corrected chi connectivity index (χ1v) is 7.01. The van der Waals surface area contributed by atoms with E-state index in [0.29, 0.717) is 12.0 Å². The van der Waals surface area contributed by atoms with E-state index in [9.17, 15) is 5.26 Å². The minimum Gasteiger partial charge on any atom is -0.276 e. The summed E-state index contributed by atoms with van der Waals surface area (Å²) in [5.74, 6) is 0.546. The van der Waals surface area contributed by atoms with E-state index in [0.717, 1.165) is 18.5 Å². The van der Waals surface area contributed by atoms with Crippen LogP contribution in [0.15, 0.2) is 24.3 Å². The Morgan fingerprint density at radius 1 is 1.11 bits per heavy atom. The van der Waals surface area contributed by atoms with E-state index in [4.69, 9.17) is 0 Å². The highest BCUT2D eigenvalue weighted by molar-refractivity contribution is 5.52. The molecule has 1 aliphatic carbocycles. The van der Waals surface area contributed by atoms with E-state index >= 15 is 0 Å². The summed E-state index contributed by atoms with van der Waals surface area (Å²) in [7, 11) is 0. The molecule has 2 rings (SSSR count). The molecule has 1 aliphatic rings. The van der Waals surface area contributed by atoms with Gasteiger partial charge in [0.05, 0.1) is 5.69 Å². The zero-order valence-electron chi connectivity index (χ0n) is 11.4. The fourth-order valence-corrected chi connectivity index (χ4v) is 2.71. The van der Waals surface area contributed by atoms with Gasteiger partial charge in [-0.05, 0) is 36.5 Å². The second-order valence-corrected chi connectivity index (χ2v) is 5.51. The summed E-state index contributed by atoms with van der Waals surface area (Å²) in [5.41, 5.74) is 2.38. The molecule has 96 valence electrons. The molecule has 0 radical (unpaired) electrons. The molecule has 0 N–H and O–H groups in total. The summed E-state index contributed by atoms with van der Waals surface area (Å²) >= 11 is 0. The maximum absolute atomic E-state index is 9.39. The lowest BCUT2D eigenvalue weighted by Gasteiger charge is -2.30. The van der Waals surface area contributed by atoms with Crippen molar-refractivity contribution in [2.24, 2.45) is 0 Å². The van der Waals surface area contributed by atoms with Gasteiger partial charge < -0.3 is 0 Å². The highest BCUT2D eigenvalue weighted by Gasteiger charge is 2.21. The summed E-state index contributed by atoms with van der Waals surface area (Å²) in [6, 6.07) is 8.88. The maximum Gasteiger partial charge on any atom is 0.184 e. The quantitative estimate of drug-likeness (QED) is 0.579. The average molecular weight is 242 g/mol. The summed E-state index contributed by atoms with van der Waals surface area (Å²) in [6.07, 6.45) is 8.51. The zero-order valence-corrected chi connectivity index (χ0v) is 11.4. The lowest BCUT2D eigenvalue weighted by atomic mass is 9.94. The molecule has 1 saturated carbocycles. The van der Waals surface area contributed by atoms with Crippen LogP contribution in [-0.4, -0.2) is 6.04 Å². The van der Waals surface area contributed by atoms with Gasteiger partial charge in [-0.2, -0.15) is 5.26 Å². The number of benzene rings is 1. The maximum atomic E-state index is 9.39. The van der Waals surface area contributed by atoms with E-state index in [-0.39, 0.29) is 0 Å². The monoisotopic (exact) mass is 242 g/mol. The Balaban J connectivity index is 2.14. The minimum atomic E-state index is 0.411. The number of nitrogens with zero attached hydrogens (tertiary/aromatic N) is 2. The molecule has 0 atom stereocenters. The van der Waals surface area contributed by atoms with Gasteiger partial charge in [-0.1, -0.05) is 45.2 Å². The number of hydrogen-bond donors (Lipinski definition) is 0. The first-order valence-electron chi connectivity index (χ1n) is 7.01. The lowest BCUT2D eigenvalue weighted by Crippen LogP contribution is -2.32. The van der Waals surface area contributed by atoms with Gasteiger partial charge in [0, 0.05) is 6.04 Å². The molecule has 18 heavy (non-hydrogen) atoms. The normalized spacial score (nSPS) is 16.6. The van der Waals surface area contributed by atoms with Crippen molar-refractivity contribution >= 4 is 5.69 Å². The Morgan fingerprint density at radius 3 is 2.22 bits per heavy atom. The van der Waals surface area contributed by atoms with Gasteiger partial charge in [0.1, 0.15) is 0 Å². The van der Waals surface area contributed by atoms with Crippen LogP contribution in [-0.2, 0) is 0 Å². The van der Waals surface area contributed by atoms with Gasteiger partial charge in [-0.3, -0.25) is 4.90 Å². The largest absolute Gasteiger partial charge is 0.276 e. The van der Waals surface area contributed by atoms with Gasteiger partial charge in [-0.25, -0.2) is 0 Å². The molecule has 0 saturated heterocycles. The molecule has 0 amide bonds. The summed E-state index contributed by atoms with van der Waals surface area (Å²) in [6.45, 7) is 4.39. The highest BCUT2D eigenvalue weighted by Crippen LogP contribution is 2.27. The smallest absolute Gasteiger partial charge is 0.184 e. The number of hydrogen-bond acceptors (Lipinski definition) is 2. The van der Waals surface area contributed by atoms with Gasteiger partial charge in [0.15, 0.2) is 6.19 Å². The van der Waals surface area contributed by atoms with Crippen molar-refractivity contribution in [2.45, 2.75) is 57.9 Å².